The van der Waals surface area contributed by atoms with Gasteiger partial charge in [0.25, 0.3) is 0 Å². The van der Waals surface area contributed by atoms with Crippen molar-refractivity contribution in [3.05, 3.63) is 69.7 Å². The Kier molecular flexibility index (Phi) is 8.34. The SMILES string of the molecule is CCC(=O)N1CCOC(C)(c2cccc(-c3cc(NCCc4ccc(Cl)cc4Cl)nc(OC)n3)c2)C1. The highest BCUT2D eigenvalue weighted by Gasteiger charge is 2.35. The van der Waals surface area contributed by atoms with Crippen LogP contribution in [0.15, 0.2) is 48.5 Å². The highest BCUT2D eigenvalue weighted by Crippen LogP contribution is 2.33. The molecule has 3 aromatic rings. The molecule has 2 aromatic carbocycles. The zero-order valence-electron chi connectivity index (χ0n) is 20.7. The molecule has 1 amide bonds. The fourth-order valence-corrected chi connectivity index (χ4v) is 4.80. The Morgan fingerprint density at radius 2 is 2.03 bits per heavy atom. The molecule has 0 saturated carbocycles. The van der Waals surface area contributed by atoms with E-state index < -0.39 is 5.60 Å². The molecule has 1 N–H and O–H groups in total. The first kappa shape index (κ1) is 26.2. The number of nitrogens with zero attached hydrogens (tertiary/aromatic N) is 3. The van der Waals surface area contributed by atoms with E-state index in [9.17, 15) is 4.79 Å². The molecular formula is C27H30Cl2N4O3. The lowest BCUT2D eigenvalue weighted by atomic mass is 9.91. The molecule has 0 aliphatic carbocycles. The van der Waals surface area contributed by atoms with E-state index in [2.05, 4.69) is 21.4 Å². The van der Waals surface area contributed by atoms with Crippen molar-refractivity contribution in [2.24, 2.45) is 0 Å². The Morgan fingerprint density at radius 1 is 1.19 bits per heavy atom. The van der Waals surface area contributed by atoms with Crippen molar-refractivity contribution in [1.82, 2.24) is 14.9 Å². The largest absolute Gasteiger partial charge is 0.467 e. The van der Waals surface area contributed by atoms with E-state index in [1.54, 1.807) is 13.2 Å². The summed E-state index contributed by atoms with van der Waals surface area (Å²) >= 11 is 12.3. The number of morpholine rings is 1. The lowest BCUT2D eigenvalue weighted by Crippen LogP contribution is -2.50. The van der Waals surface area contributed by atoms with Crippen LogP contribution in [0.25, 0.3) is 11.3 Å². The number of ether oxygens (including phenoxy) is 2. The molecule has 0 bridgehead atoms. The van der Waals surface area contributed by atoms with Crippen LogP contribution in [0.2, 0.25) is 10.0 Å². The Labute approximate surface area is 221 Å². The molecule has 1 atom stereocenters. The van der Waals surface area contributed by atoms with E-state index in [0.717, 1.165) is 22.4 Å². The number of amides is 1. The van der Waals surface area contributed by atoms with Gasteiger partial charge in [0.15, 0.2) is 0 Å². The molecule has 9 heteroatoms. The molecule has 2 heterocycles. The van der Waals surface area contributed by atoms with Crippen LogP contribution >= 0.6 is 23.2 Å². The second-order valence-electron chi connectivity index (χ2n) is 8.87. The number of halogens is 2. The Hall–Kier alpha value is -2.87. The van der Waals surface area contributed by atoms with Crippen LogP contribution in [0.4, 0.5) is 5.82 Å². The van der Waals surface area contributed by atoms with Gasteiger partial charge in [-0.3, -0.25) is 4.79 Å². The maximum atomic E-state index is 12.3. The lowest BCUT2D eigenvalue weighted by Gasteiger charge is -2.41. The van der Waals surface area contributed by atoms with Crippen molar-refractivity contribution in [2.45, 2.75) is 32.3 Å². The van der Waals surface area contributed by atoms with Gasteiger partial charge >= 0.3 is 6.01 Å². The molecule has 1 unspecified atom stereocenters. The van der Waals surface area contributed by atoms with Crippen molar-refractivity contribution in [1.29, 1.82) is 0 Å². The van der Waals surface area contributed by atoms with Gasteiger partial charge in [-0.1, -0.05) is 54.4 Å². The number of anilines is 1. The van der Waals surface area contributed by atoms with Gasteiger partial charge < -0.3 is 19.7 Å². The predicted molar refractivity (Wildman–Crippen MR) is 143 cm³/mol. The van der Waals surface area contributed by atoms with Gasteiger partial charge in [-0.15, -0.1) is 0 Å². The molecule has 190 valence electrons. The van der Waals surface area contributed by atoms with Gasteiger partial charge in [0.1, 0.15) is 11.4 Å². The number of nitrogens with one attached hydrogen (secondary N) is 1. The summed E-state index contributed by atoms with van der Waals surface area (Å²) in [4.78, 5) is 23.2. The zero-order valence-corrected chi connectivity index (χ0v) is 22.2. The van der Waals surface area contributed by atoms with Crippen LogP contribution in [0.1, 0.15) is 31.4 Å². The lowest BCUT2D eigenvalue weighted by molar-refractivity contribution is -0.149. The van der Waals surface area contributed by atoms with E-state index in [0.29, 0.717) is 54.9 Å². The van der Waals surface area contributed by atoms with Gasteiger partial charge in [0.05, 0.1) is 26.0 Å². The number of rotatable bonds is 8. The number of hydrogen-bond donors (Lipinski definition) is 1. The third-order valence-electron chi connectivity index (χ3n) is 6.30. The molecule has 1 aliphatic rings. The van der Waals surface area contributed by atoms with Crippen molar-refractivity contribution in [3.63, 3.8) is 0 Å². The minimum absolute atomic E-state index is 0.136. The number of benzene rings is 2. The monoisotopic (exact) mass is 528 g/mol. The predicted octanol–water partition coefficient (Wildman–Crippen LogP) is 5.60. The summed E-state index contributed by atoms with van der Waals surface area (Å²) in [5, 5.41) is 4.59. The average Bonchev–Trinajstić information content (AvgIpc) is 2.89. The number of methoxy groups -OCH3 is 1. The third-order valence-corrected chi connectivity index (χ3v) is 6.89. The fourth-order valence-electron chi connectivity index (χ4n) is 4.29. The van der Waals surface area contributed by atoms with Gasteiger partial charge in [0, 0.05) is 41.2 Å². The van der Waals surface area contributed by atoms with Crippen LogP contribution in [0, 0.1) is 0 Å². The second-order valence-corrected chi connectivity index (χ2v) is 9.71. The molecule has 1 aliphatic heterocycles. The van der Waals surface area contributed by atoms with Gasteiger partial charge in [-0.2, -0.15) is 9.97 Å². The molecule has 4 rings (SSSR count). The molecular weight excluding hydrogens is 499 g/mol. The quantitative estimate of drug-likeness (QED) is 0.410. The number of carbonyl (C=O) groups is 1. The zero-order chi connectivity index (χ0) is 25.7. The first-order chi connectivity index (χ1) is 17.3. The highest BCUT2D eigenvalue weighted by molar-refractivity contribution is 6.35. The van der Waals surface area contributed by atoms with Crippen molar-refractivity contribution < 1.29 is 14.3 Å². The number of hydrogen-bond acceptors (Lipinski definition) is 6. The van der Waals surface area contributed by atoms with Gasteiger partial charge in [0.2, 0.25) is 5.91 Å². The summed E-state index contributed by atoms with van der Waals surface area (Å²) in [7, 11) is 1.54. The summed E-state index contributed by atoms with van der Waals surface area (Å²) < 4.78 is 11.5. The van der Waals surface area contributed by atoms with Gasteiger partial charge in [-0.05, 0) is 42.7 Å². The molecule has 0 radical (unpaired) electrons. The maximum Gasteiger partial charge on any atom is 0.318 e. The summed E-state index contributed by atoms with van der Waals surface area (Å²) in [6.45, 7) is 6.15. The first-order valence-electron chi connectivity index (χ1n) is 11.9. The fraction of sp³-hybridized carbons (Fsp3) is 0.370. The van der Waals surface area contributed by atoms with Crippen molar-refractivity contribution in [3.8, 4) is 17.3 Å². The van der Waals surface area contributed by atoms with Gasteiger partial charge in [-0.25, -0.2) is 0 Å². The van der Waals surface area contributed by atoms with Crippen LogP contribution in [-0.4, -0.2) is 54.1 Å². The molecule has 1 fully saturated rings. The molecule has 7 nitrogen and oxygen atoms in total. The number of aromatic nitrogens is 2. The first-order valence-corrected chi connectivity index (χ1v) is 12.7. The summed E-state index contributed by atoms with van der Waals surface area (Å²) in [5.41, 5.74) is 3.00. The minimum Gasteiger partial charge on any atom is -0.467 e. The van der Waals surface area contributed by atoms with E-state index in [1.807, 2.05) is 55.1 Å². The van der Waals surface area contributed by atoms with E-state index in [-0.39, 0.29) is 11.9 Å². The van der Waals surface area contributed by atoms with E-state index >= 15 is 0 Å². The van der Waals surface area contributed by atoms with Crippen LogP contribution < -0.4 is 10.1 Å². The third kappa shape index (κ3) is 6.09. The highest BCUT2D eigenvalue weighted by atomic mass is 35.5. The Morgan fingerprint density at radius 3 is 2.78 bits per heavy atom. The summed E-state index contributed by atoms with van der Waals surface area (Å²) in [5.74, 6) is 0.781. The summed E-state index contributed by atoms with van der Waals surface area (Å²) in [6, 6.07) is 15.7. The molecule has 36 heavy (non-hydrogen) atoms. The van der Waals surface area contributed by atoms with Crippen LogP contribution in [-0.2, 0) is 21.6 Å². The number of carbonyl (C=O) groups excluding carboxylic acids is 1. The molecule has 0 spiro atoms. The Balaban J connectivity index is 1.54. The average molecular weight is 529 g/mol. The molecule has 1 aromatic heterocycles. The molecule has 1 saturated heterocycles. The van der Waals surface area contributed by atoms with E-state index in [1.165, 1.54) is 0 Å². The normalized spacial score (nSPS) is 17.6. The van der Waals surface area contributed by atoms with E-state index in [4.69, 9.17) is 32.7 Å². The van der Waals surface area contributed by atoms with Crippen LogP contribution in [0.3, 0.4) is 0 Å². The second kappa shape index (κ2) is 11.5. The topological polar surface area (TPSA) is 76.6 Å². The smallest absolute Gasteiger partial charge is 0.318 e. The minimum atomic E-state index is -0.602. The maximum absolute atomic E-state index is 12.3. The van der Waals surface area contributed by atoms with Crippen molar-refractivity contribution >= 4 is 34.9 Å². The Bertz CT molecular complexity index is 1240. The summed E-state index contributed by atoms with van der Waals surface area (Å²) in [6.07, 6.45) is 1.19. The van der Waals surface area contributed by atoms with Crippen molar-refractivity contribution in [2.75, 3.05) is 38.7 Å². The van der Waals surface area contributed by atoms with Crippen LogP contribution in [0.5, 0.6) is 6.01 Å². The standard InChI is InChI=1S/C27H30Cl2N4O3/c1-4-25(34)33-12-13-36-27(2,17-33)20-7-5-6-19(14-20)23-16-24(32-26(31-23)35-3)30-11-10-18-8-9-21(28)15-22(18)29/h5-9,14-16H,4,10-13,17H2,1-3H3,(H,30,31,32).